The lowest BCUT2D eigenvalue weighted by atomic mass is 9.99. The zero-order valence-corrected chi connectivity index (χ0v) is 36.5. The molecule has 0 saturated heterocycles. The second kappa shape index (κ2) is 17.2. The maximum Gasteiger partial charge on any atom is 0.227 e. The summed E-state index contributed by atoms with van der Waals surface area (Å²) >= 11 is 0. The van der Waals surface area contributed by atoms with Gasteiger partial charge in [-0.2, -0.15) is 0 Å². The van der Waals surface area contributed by atoms with Gasteiger partial charge in [-0.25, -0.2) is 4.98 Å². The third kappa shape index (κ3) is 7.69. The fourth-order valence-corrected chi connectivity index (χ4v) is 9.26. The number of anilines is 5. The Morgan fingerprint density at radius 2 is 0.881 bits per heavy atom. The zero-order valence-electron chi connectivity index (χ0n) is 36.5. The quantitative estimate of drug-likeness (QED) is 0.130. The van der Waals surface area contributed by atoms with Crippen molar-refractivity contribution in [1.82, 2.24) is 4.98 Å². The van der Waals surface area contributed by atoms with Crippen molar-refractivity contribution in [1.29, 1.82) is 0 Å². The van der Waals surface area contributed by atoms with E-state index in [1.165, 1.54) is 27.8 Å². The van der Waals surface area contributed by atoms with Gasteiger partial charge >= 0.3 is 0 Å². The standard InChI is InChI=1S/C62H43N3O2/c1-5-17-43(18-6-1)44-29-31-45(32-30-44)46-33-35-51(36-34-46)65(50-24-11-4-12-25-50)58-41-53(40-57-61(58)67-62(63-57)48-21-9-3-10-22-48)64(42-49-23-13-14-26-54(49)47-19-7-2-8-20-47)52-37-38-60-56(39-52)55-27-15-16-28-59(55)66-60/h1-41H,42H2. The fraction of sp³-hybridized carbons (Fsp3) is 0.0161. The molecular formula is C62H43N3O2. The van der Waals surface area contributed by atoms with Crippen molar-refractivity contribution in [2.24, 2.45) is 0 Å². The molecule has 0 bridgehead atoms. The van der Waals surface area contributed by atoms with Gasteiger partial charge in [0.1, 0.15) is 16.7 Å². The summed E-state index contributed by atoms with van der Waals surface area (Å²) in [6.45, 7) is 0.573. The van der Waals surface area contributed by atoms with Gasteiger partial charge in [0.05, 0.1) is 5.69 Å². The molecule has 2 aromatic heterocycles. The molecule has 12 aromatic rings. The molecule has 10 aromatic carbocycles. The van der Waals surface area contributed by atoms with E-state index < -0.39 is 0 Å². The number of hydrogen-bond donors (Lipinski definition) is 0. The van der Waals surface area contributed by atoms with Crippen LogP contribution in [0.2, 0.25) is 0 Å². The first kappa shape index (κ1) is 39.6. The molecular weight excluding hydrogens is 819 g/mol. The van der Waals surface area contributed by atoms with E-state index in [9.17, 15) is 0 Å². The Morgan fingerprint density at radius 1 is 0.358 bits per heavy atom. The third-order valence-corrected chi connectivity index (χ3v) is 12.6. The smallest absolute Gasteiger partial charge is 0.227 e. The summed E-state index contributed by atoms with van der Waals surface area (Å²) in [6, 6.07) is 87.3. The van der Waals surface area contributed by atoms with E-state index >= 15 is 0 Å². The van der Waals surface area contributed by atoms with Gasteiger partial charge in [-0.15, -0.1) is 0 Å². The number of para-hydroxylation sites is 2. The normalized spacial score (nSPS) is 11.3. The highest BCUT2D eigenvalue weighted by atomic mass is 16.3. The lowest BCUT2D eigenvalue weighted by Crippen LogP contribution is -2.18. The molecule has 0 aliphatic carbocycles. The monoisotopic (exact) mass is 861 g/mol. The van der Waals surface area contributed by atoms with Crippen molar-refractivity contribution >= 4 is 61.5 Å². The lowest BCUT2D eigenvalue weighted by Gasteiger charge is -2.30. The first-order valence-corrected chi connectivity index (χ1v) is 22.6. The topological polar surface area (TPSA) is 45.7 Å². The average Bonchev–Trinajstić information content (AvgIpc) is 4.01. The first-order chi connectivity index (χ1) is 33.2. The molecule has 12 rings (SSSR count). The van der Waals surface area contributed by atoms with Gasteiger partial charge in [0.2, 0.25) is 5.89 Å². The van der Waals surface area contributed by atoms with E-state index in [0.717, 1.165) is 72.6 Å². The third-order valence-electron chi connectivity index (χ3n) is 12.6. The molecule has 0 fully saturated rings. The minimum absolute atomic E-state index is 0.559. The van der Waals surface area contributed by atoms with E-state index in [4.69, 9.17) is 13.8 Å². The van der Waals surface area contributed by atoms with Crippen molar-refractivity contribution in [3.8, 4) is 44.8 Å². The van der Waals surface area contributed by atoms with Crippen LogP contribution in [0.1, 0.15) is 5.56 Å². The molecule has 318 valence electrons. The van der Waals surface area contributed by atoms with E-state index in [0.29, 0.717) is 18.0 Å². The van der Waals surface area contributed by atoms with Crippen LogP contribution in [0.3, 0.4) is 0 Å². The van der Waals surface area contributed by atoms with E-state index in [1.54, 1.807) is 0 Å². The Kier molecular flexibility index (Phi) is 10.2. The number of oxazole rings is 1. The van der Waals surface area contributed by atoms with Crippen molar-refractivity contribution in [3.63, 3.8) is 0 Å². The van der Waals surface area contributed by atoms with Crippen molar-refractivity contribution in [3.05, 3.63) is 254 Å². The van der Waals surface area contributed by atoms with E-state index in [-0.39, 0.29) is 0 Å². The Labute approximate surface area is 389 Å². The molecule has 0 aliphatic heterocycles. The van der Waals surface area contributed by atoms with Crippen molar-refractivity contribution in [2.75, 3.05) is 9.80 Å². The Morgan fingerprint density at radius 3 is 1.58 bits per heavy atom. The predicted octanol–water partition coefficient (Wildman–Crippen LogP) is 17.2. The summed E-state index contributed by atoms with van der Waals surface area (Å²) < 4.78 is 13.2. The van der Waals surface area contributed by atoms with E-state index in [2.05, 4.69) is 216 Å². The molecule has 0 atom stereocenters. The molecule has 0 amide bonds. The maximum atomic E-state index is 6.90. The van der Waals surface area contributed by atoms with Gasteiger partial charge in [-0.05, 0) is 112 Å². The summed E-state index contributed by atoms with van der Waals surface area (Å²) in [4.78, 5) is 9.94. The minimum atomic E-state index is 0.559. The molecule has 0 radical (unpaired) electrons. The number of furan rings is 1. The van der Waals surface area contributed by atoms with Gasteiger partial charge in [0, 0.05) is 45.6 Å². The maximum absolute atomic E-state index is 6.90. The molecule has 2 heterocycles. The number of hydrogen-bond acceptors (Lipinski definition) is 5. The summed E-state index contributed by atoms with van der Waals surface area (Å²) in [5, 5.41) is 2.14. The van der Waals surface area contributed by atoms with Crippen LogP contribution in [0.4, 0.5) is 28.4 Å². The SMILES string of the molecule is c1ccc(-c2ccc(-c3ccc(N(c4ccccc4)c4cc(N(Cc5ccccc5-c5ccccc5)c5ccc6oc7ccccc7c6c5)cc5nc(-c6ccccc6)oc45)cc3)cc2)cc1. The highest BCUT2D eigenvalue weighted by Gasteiger charge is 2.25. The van der Waals surface area contributed by atoms with Crippen LogP contribution in [0, 0.1) is 0 Å². The largest absolute Gasteiger partial charge is 0.456 e. The summed E-state index contributed by atoms with van der Waals surface area (Å²) in [6.07, 6.45) is 0. The average molecular weight is 862 g/mol. The Bertz CT molecular complexity index is 3640. The minimum Gasteiger partial charge on any atom is -0.456 e. The van der Waals surface area contributed by atoms with Crippen LogP contribution in [0.25, 0.3) is 77.9 Å². The number of aromatic nitrogens is 1. The summed E-state index contributed by atoms with van der Waals surface area (Å²) in [7, 11) is 0. The van der Waals surface area contributed by atoms with Crippen LogP contribution in [-0.2, 0) is 6.54 Å². The van der Waals surface area contributed by atoms with Gasteiger partial charge in [-0.3, -0.25) is 0 Å². The van der Waals surface area contributed by atoms with Crippen molar-refractivity contribution < 1.29 is 8.83 Å². The molecule has 67 heavy (non-hydrogen) atoms. The molecule has 0 aliphatic rings. The summed E-state index contributed by atoms with van der Waals surface area (Å²) in [5.41, 5.74) is 17.1. The molecule has 5 heteroatoms. The number of rotatable bonds is 11. The van der Waals surface area contributed by atoms with Gasteiger partial charge in [-0.1, -0.05) is 176 Å². The second-order valence-electron chi connectivity index (χ2n) is 16.7. The summed E-state index contributed by atoms with van der Waals surface area (Å²) in [5.74, 6) is 0.559. The van der Waals surface area contributed by atoms with Crippen LogP contribution < -0.4 is 9.80 Å². The Hall–Kier alpha value is -8.93. The van der Waals surface area contributed by atoms with Gasteiger partial charge in [0.15, 0.2) is 5.58 Å². The highest BCUT2D eigenvalue weighted by molar-refractivity contribution is 6.06. The van der Waals surface area contributed by atoms with Crippen LogP contribution in [0.5, 0.6) is 0 Å². The van der Waals surface area contributed by atoms with Crippen LogP contribution in [-0.4, -0.2) is 4.98 Å². The zero-order chi connectivity index (χ0) is 44.5. The molecule has 5 nitrogen and oxygen atoms in total. The number of benzene rings is 10. The second-order valence-corrected chi connectivity index (χ2v) is 16.7. The molecule has 0 unspecified atom stereocenters. The first-order valence-electron chi connectivity index (χ1n) is 22.6. The van der Waals surface area contributed by atoms with Crippen LogP contribution in [0.15, 0.2) is 258 Å². The molecule has 0 saturated carbocycles. The van der Waals surface area contributed by atoms with Crippen molar-refractivity contribution in [2.45, 2.75) is 6.54 Å². The van der Waals surface area contributed by atoms with Crippen LogP contribution >= 0.6 is 0 Å². The predicted molar refractivity (Wildman–Crippen MR) is 276 cm³/mol. The molecule has 0 spiro atoms. The lowest BCUT2D eigenvalue weighted by molar-refractivity contribution is 0.620. The van der Waals surface area contributed by atoms with Gasteiger partial charge in [0.25, 0.3) is 0 Å². The fourth-order valence-electron chi connectivity index (χ4n) is 9.26. The Balaban J connectivity index is 1.05. The number of nitrogens with zero attached hydrogens (tertiary/aromatic N) is 3. The van der Waals surface area contributed by atoms with Gasteiger partial charge < -0.3 is 18.6 Å². The highest BCUT2D eigenvalue weighted by Crippen LogP contribution is 2.45. The van der Waals surface area contributed by atoms with E-state index in [1.807, 2.05) is 42.5 Å². The number of fused-ring (bicyclic) bond motifs is 4. The molecule has 0 N–H and O–H groups in total.